The second-order valence-electron chi connectivity index (χ2n) is 6.80. The number of nitrogens with zero attached hydrogens (tertiary/aromatic N) is 1. The highest BCUT2D eigenvalue weighted by molar-refractivity contribution is 8.00. The summed E-state index contributed by atoms with van der Waals surface area (Å²) in [5.74, 6) is -1.29. The first-order chi connectivity index (χ1) is 14.2. The second-order valence-corrected chi connectivity index (χ2v) is 8.61. The lowest BCUT2D eigenvalue weighted by molar-refractivity contribution is -0.133. The number of benzene rings is 2. The van der Waals surface area contributed by atoms with Crippen LogP contribution >= 0.6 is 35.0 Å². The predicted octanol–water partition coefficient (Wildman–Crippen LogP) is 4.43. The molecule has 0 saturated carbocycles. The van der Waals surface area contributed by atoms with E-state index in [1.54, 1.807) is 41.9 Å². The molecule has 0 unspecified atom stereocenters. The summed E-state index contributed by atoms with van der Waals surface area (Å²) in [7, 11) is 1.77. The Hall–Kier alpha value is -2.19. The predicted molar refractivity (Wildman–Crippen MR) is 120 cm³/mol. The zero-order valence-electron chi connectivity index (χ0n) is 16.3. The third-order valence-corrected chi connectivity index (χ3v) is 6.75. The highest BCUT2D eigenvalue weighted by Crippen LogP contribution is 2.35. The van der Waals surface area contributed by atoms with Gasteiger partial charge in [0.25, 0.3) is 5.91 Å². The number of thioether (sulfide) groups is 1. The minimum absolute atomic E-state index is 0.0351. The Morgan fingerprint density at radius 1 is 1.17 bits per heavy atom. The van der Waals surface area contributed by atoms with Crippen molar-refractivity contribution in [2.45, 2.75) is 17.9 Å². The molecule has 3 aromatic rings. The van der Waals surface area contributed by atoms with Crippen molar-refractivity contribution < 1.29 is 19.8 Å². The van der Waals surface area contributed by atoms with Gasteiger partial charge in [-0.25, -0.2) is 0 Å². The topological polar surface area (TPSA) is 91.6 Å². The molecule has 0 fully saturated rings. The molecule has 1 heterocycles. The standard InChI is InChI=1S/C21H20Cl2N2O4S/c1-11-7-16-14(20(23)19(11)22)8-17(25(16)2)21(29)24-15(9-26)12-3-5-13(6-4-12)30-10-18(27)28/h3-8,15,26H,9-10H2,1-2H3,(H,24,29)(H,27,28)/t15-/m1/s1. The molecule has 158 valence electrons. The number of aliphatic hydroxyl groups is 1. The maximum atomic E-state index is 12.9. The second kappa shape index (κ2) is 9.31. The molecule has 2 aromatic carbocycles. The molecule has 0 aliphatic heterocycles. The fourth-order valence-electron chi connectivity index (χ4n) is 3.15. The molecule has 0 radical (unpaired) electrons. The summed E-state index contributed by atoms with van der Waals surface area (Å²) in [4.78, 5) is 24.4. The van der Waals surface area contributed by atoms with E-state index in [1.807, 2.05) is 13.0 Å². The monoisotopic (exact) mass is 466 g/mol. The summed E-state index contributed by atoms with van der Waals surface area (Å²) in [5.41, 5.74) is 2.70. The molecule has 0 spiro atoms. The fraction of sp³-hybridized carbons (Fsp3) is 0.238. The SMILES string of the molecule is Cc1cc2c(cc(C(=O)N[C@H](CO)c3ccc(SCC(=O)O)cc3)n2C)c(Cl)c1Cl. The molecule has 6 nitrogen and oxygen atoms in total. The summed E-state index contributed by atoms with van der Waals surface area (Å²) < 4.78 is 1.74. The number of aromatic nitrogens is 1. The van der Waals surface area contributed by atoms with Crippen molar-refractivity contribution >= 4 is 57.7 Å². The number of fused-ring (bicyclic) bond motifs is 1. The number of carbonyl (C=O) groups excluding carboxylic acids is 1. The molecular formula is C21H20Cl2N2O4S. The molecule has 1 aromatic heterocycles. The van der Waals surface area contributed by atoms with E-state index in [0.717, 1.165) is 16.0 Å². The van der Waals surface area contributed by atoms with Gasteiger partial charge in [0, 0.05) is 17.3 Å². The minimum Gasteiger partial charge on any atom is -0.481 e. The summed E-state index contributed by atoms with van der Waals surface area (Å²) in [6, 6.07) is 9.98. The Labute approximate surface area is 187 Å². The van der Waals surface area contributed by atoms with Crippen LogP contribution < -0.4 is 5.32 Å². The van der Waals surface area contributed by atoms with Gasteiger partial charge in [-0.1, -0.05) is 35.3 Å². The maximum absolute atomic E-state index is 12.9. The number of rotatable bonds is 7. The van der Waals surface area contributed by atoms with Gasteiger partial charge in [-0.05, 0) is 42.3 Å². The van der Waals surface area contributed by atoms with E-state index in [2.05, 4.69) is 5.32 Å². The van der Waals surface area contributed by atoms with Crippen LogP contribution in [0.3, 0.4) is 0 Å². The first-order valence-corrected chi connectivity index (χ1v) is 10.8. The number of nitrogens with one attached hydrogen (secondary N) is 1. The van der Waals surface area contributed by atoms with Crippen molar-refractivity contribution in [3.05, 3.63) is 63.3 Å². The van der Waals surface area contributed by atoms with Crippen molar-refractivity contribution in [3.8, 4) is 0 Å². The van der Waals surface area contributed by atoms with Crippen molar-refractivity contribution in [3.63, 3.8) is 0 Å². The first-order valence-electron chi connectivity index (χ1n) is 9.03. The van der Waals surface area contributed by atoms with E-state index in [-0.39, 0.29) is 18.3 Å². The number of aryl methyl sites for hydroxylation is 2. The van der Waals surface area contributed by atoms with Gasteiger partial charge in [-0.15, -0.1) is 11.8 Å². The zero-order chi connectivity index (χ0) is 22.0. The number of carboxylic acid groups (broad SMARTS) is 1. The molecule has 3 rings (SSSR count). The van der Waals surface area contributed by atoms with Gasteiger partial charge in [0.05, 0.1) is 34.0 Å². The summed E-state index contributed by atoms with van der Waals surface area (Å²) in [6.07, 6.45) is 0. The van der Waals surface area contributed by atoms with Crippen LogP contribution in [0.5, 0.6) is 0 Å². The third-order valence-electron chi connectivity index (χ3n) is 4.77. The van der Waals surface area contributed by atoms with Gasteiger partial charge in [0.15, 0.2) is 0 Å². The van der Waals surface area contributed by atoms with Crippen molar-refractivity contribution in [1.29, 1.82) is 0 Å². The Morgan fingerprint density at radius 2 is 1.83 bits per heavy atom. The van der Waals surface area contributed by atoms with Gasteiger partial charge in [0.1, 0.15) is 5.69 Å². The highest BCUT2D eigenvalue weighted by atomic mass is 35.5. The Balaban J connectivity index is 1.82. The lowest BCUT2D eigenvalue weighted by Crippen LogP contribution is -2.31. The molecule has 9 heteroatoms. The lowest BCUT2D eigenvalue weighted by Gasteiger charge is -2.17. The molecule has 3 N–H and O–H groups in total. The smallest absolute Gasteiger partial charge is 0.313 e. The van der Waals surface area contributed by atoms with Crippen LogP contribution in [-0.2, 0) is 11.8 Å². The lowest BCUT2D eigenvalue weighted by atomic mass is 10.1. The number of hydrogen-bond donors (Lipinski definition) is 3. The molecule has 0 bridgehead atoms. The molecule has 1 amide bonds. The van der Waals surface area contributed by atoms with Gasteiger partial charge >= 0.3 is 5.97 Å². The van der Waals surface area contributed by atoms with Crippen molar-refractivity contribution in [1.82, 2.24) is 9.88 Å². The van der Waals surface area contributed by atoms with Gasteiger partial charge in [-0.2, -0.15) is 0 Å². The zero-order valence-corrected chi connectivity index (χ0v) is 18.6. The minimum atomic E-state index is -0.892. The Kier molecular flexibility index (Phi) is 6.98. The number of carbonyl (C=O) groups is 2. The molecule has 0 aliphatic carbocycles. The number of amides is 1. The van der Waals surface area contributed by atoms with Gasteiger partial charge < -0.3 is 20.1 Å². The maximum Gasteiger partial charge on any atom is 0.313 e. The van der Waals surface area contributed by atoms with Gasteiger partial charge in [-0.3, -0.25) is 9.59 Å². The Morgan fingerprint density at radius 3 is 2.43 bits per heavy atom. The van der Waals surface area contributed by atoms with E-state index in [9.17, 15) is 14.7 Å². The largest absolute Gasteiger partial charge is 0.481 e. The number of aliphatic carboxylic acids is 1. The third kappa shape index (κ3) is 4.59. The van der Waals surface area contributed by atoms with Crippen molar-refractivity contribution in [2.24, 2.45) is 7.05 Å². The van der Waals surface area contributed by atoms with Gasteiger partial charge in [0.2, 0.25) is 0 Å². The van der Waals surface area contributed by atoms with E-state index >= 15 is 0 Å². The number of carboxylic acids is 1. The number of hydrogen-bond acceptors (Lipinski definition) is 4. The van der Waals surface area contributed by atoms with Crippen LogP contribution in [-0.4, -0.2) is 39.0 Å². The van der Waals surface area contributed by atoms with E-state index < -0.39 is 12.0 Å². The fourth-order valence-corrected chi connectivity index (χ4v) is 4.23. The normalized spacial score (nSPS) is 12.2. The van der Waals surface area contributed by atoms with E-state index in [1.165, 1.54) is 11.8 Å². The molecule has 30 heavy (non-hydrogen) atoms. The van der Waals surface area contributed by atoms with Crippen LogP contribution in [0.25, 0.3) is 10.9 Å². The number of aliphatic hydroxyl groups excluding tert-OH is 1. The average Bonchev–Trinajstić information content (AvgIpc) is 3.05. The molecular weight excluding hydrogens is 447 g/mol. The summed E-state index contributed by atoms with van der Waals surface area (Å²) >= 11 is 13.8. The van der Waals surface area contributed by atoms with Crippen molar-refractivity contribution in [2.75, 3.05) is 12.4 Å². The molecule has 1 atom stereocenters. The highest BCUT2D eigenvalue weighted by Gasteiger charge is 2.21. The van der Waals surface area contributed by atoms with Crippen LogP contribution in [0.4, 0.5) is 0 Å². The average molecular weight is 467 g/mol. The summed E-state index contributed by atoms with van der Waals surface area (Å²) in [6.45, 7) is 1.56. The van der Waals surface area contributed by atoms with E-state index in [4.69, 9.17) is 28.3 Å². The van der Waals surface area contributed by atoms with Crippen LogP contribution in [0.2, 0.25) is 10.0 Å². The molecule has 0 aliphatic rings. The Bertz CT molecular complexity index is 1110. The first kappa shape index (κ1) is 22.5. The summed E-state index contributed by atoms with van der Waals surface area (Å²) in [5, 5.41) is 22.9. The van der Waals surface area contributed by atoms with Crippen LogP contribution in [0.1, 0.15) is 27.7 Å². The quantitative estimate of drug-likeness (QED) is 0.447. The molecule has 0 saturated heterocycles. The van der Waals surface area contributed by atoms with Crippen LogP contribution in [0, 0.1) is 6.92 Å². The number of halogens is 2. The van der Waals surface area contributed by atoms with E-state index in [0.29, 0.717) is 26.7 Å². The van der Waals surface area contributed by atoms with Crippen LogP contribution in [0.15, 0.2) is 41.3 Å².